The van der Waals surface area contributed by atoms with Crippen molar-refractivity contribution in [1.29, 1.82) is 0 Å². The van der Waals surface area contributed by atoms with E-state index in [1.807, 2.05) is 4.90 Å². The van der Waals surface area contributed by atoms with Gasteiger partial charge in [0.25, 0.3) is 11.8 Å². The molecule has 2 bridgehead atoms. The minimum absolute atomic E-state index is 0.0728. The molecule has 2 aromatic rings. The van der Waals surface area contributed by atoms with E-state index in [4.69, 9.17) is 4.74 Å². The number of aromatic nitrogens is 2. The molecule has 0 fully saturated rings. The molecular formula is C32H38N6O11. The summed E-state index contributed by atoms with van der Waals surface area (Å²) in [5, 5.41) is 39.2. The van der Waals surface area contributed by atoms with Crippen LogP contribution in [0.15, 0.2) is 48.7 Å². The summed E-state index contributed by atoms with van der Waals surface area (Å²) in [7, 11) is 0. The molecule has 2 atom stereocenters. The van der Waals surface area contributed by atoms with Crippen LogP contribution in [0.25, 0.3) is 0 Å². The Labute approximate surface area is 281 Å². The van der Waals surface area contributed by atoms with Gasteiger partial charge in [-0.1, -0.05) is 6.07 Å². The monoisotopic (exact) mass is 682 g/mol. The highest BCUT2D eigenvalue weighted by Gasteiger charge is 2.32. The maximum Gasteiger partial charge on any atom is 0.321 e. The van der Waals surface area contributed by atoms with E-state index in [2.05, 4.69) is 9.97 Å². The summed E-state index contributed by atoms with van der Waals surface area (Å²) >= 11 is 0. The molecule has 4 N–H and O–H groups in total. The zero-order valence-corrected chi connectivity index (χ0v) is 26.6. The number of rotatable bonds is 15. The van der Waals surface area contributed by atoms with Gasteiger partial charge in [0.15, 0.2) is 0 Å². The van der Waals surface area contributed by atoms with Gasteiger partial charge in [-0.25, -0.2) is 0 Å². The second-order valence-corrected chi connectivity index (χ2v) is 11.6. The first-order valence-electron chi connectivity index (χ1n) is 15.6. The minimum atomic E-state index is -1.40. The summed E-state index contributed by atoms with van der Waals surface area (Å²) in [6.07, 6.45) is 2.91. The summed E-state index contributed by atoms with van der Waals surface area (Å²) in [4.78, 5) is 86.8. The second kappa shape index (κ2) is 17.2. The molecule has 49 heavy (non-hydrogen) atoms. The number of amides is 2. The van der Waals surface area contributed by atoms with Gasteiger partial charge in [-0.3, -0.25) is 58.3 Å². The van der Waals surface area contributed by atoms with Gasteiger partial charge < -0.3 is 25.2 Å². The Morgan fingerprint density at radius 2 is 1.35 bits per heavy atom. The van der Waals surface area contributed by atoms with Gasteiger partial charge in [0.2, 0.25) is 0 Å². The van der Waals surface area contributed by atoms with Crippen molar-refractivity contribution in [2.24, 2.45) is 0 Å². The van der Waals surface area contributed by atoms with Crippen LogP contribution < -0.4 is 4.74 Å². The van der Waals surface area contributed by atoms with E-state index in [-0.39, 0.29) is 64.6 Å². The summed E-state index contributed by atoms with van der Waals surface area (Å²) < 4.78 is 5.93. The molecular weight excluding hydrogens is 644 g/mol. The van der Waals surface area contributed by atoms with Crippen LogP contribution in [0.5, 0.6) is 5.75 Å². The maximum absolute atomic E-state index is 12.3. The molecule has 0 radical (unpaired) electrons. The SMILES string of the molecule is O=C(O)C[C@H](C(=O)O)N1CCN(Cc2ccccn2)CCN([C@H](CC(=O)O)C(=O)O)Cc2cc(OCCCN3C(=O)C=CC3=O)cc(n2)C1. The fourth-order valence-corrected chi connectivity index (χ4v) is 5.64. The predicted molar refractivity (Wildman–Crippen MR) is 168 cm³/mol. The first-order chi connectivity index (χ1) is 23.4. The van der Waals surface area contributed by atoms with Crippen LogP contribution in [0, 0.1) is 0 Å². The Kier molecular flexibility index (Phi) is 12.9. The summed E-state index contributed by atoms with van der Waals surface area (Å²) in [5.41, 5.74) is 1.30. The molecule has 2 aromatic heterocycles. The molecule has 17 heteroatoms. The molecule has 0 aromatic carbocycles. The molecule has 0 saturated carbocycles. The number of carboxylic acid groups (broad SMARTS) is 4. The van der Waals surface area contributed by atoms with Gasteiger partial charge in [-0.2, -0.15) is 0 Å². The van der Waals surface area contributed by atoms with Crippen LogP contribution >= 0.6 is 0 Å². The van der Waals surface area contributed by atoms with Gasteiger partial charge in [-0.05, 0) is 18.6 Å². The zero-order valence-electron chi connectivity index (χ0n) is 26.6. The third-order valence-corrected chi connectivity index (χ3v) is 8.04. The molecule has 2 aliphatic rings. The molecule has 4 heterocycles. The van der Waals surface area contributed by atoms with E-state index in [1.165, 1.54) is 22.0 Å². The molecule has 262 valence electrons. The van der Waals surface area contributed by atoms with E-state index < -0.39 is 60.6 Å². The number of hydrogen-bond acceptors (Lipinski definition) is 12. The van der Waals surface area contributed by atoms with Gasteiger partial charge >= 0.3 is 23.9 Å². The molecule has 2 aliphatic heterocycles. The van der Waals surface area contributed by atoms with Crippen molar-refractivity contribution < 1.29 is 53.9 Å². The van der Waals surface area contributed by atoms with Crippen molar-refractivity contribution in [3.05, 3.63) is 65.8 Å². The average molecular weight is 683 g/mol. The van der Waals surface area contributed by atoms with Crippen LogP contribution in [0.3, 0.4) is 0 Å². The first-order valence-corrected chi connectivity index (χ1v) is 15.6. The number of carboxylic acids is 4. The molecule has 2 amide bonds. The highest BCUT2D eigenvalue weighted by atomic mass is 16.5. The van der Waals surface area contributed by atoms with Crippen molar-refractivity contribution in [2.45, 2.75) is 51.0 Å². The van der Waals surface area contributed by atoms with Crippen molar-refractivity contribution in [3.63, 3.8) is 0 Å². The Morgan fingerprint density at radius 3 is 1.82 bits per heavy atom. The molecule has 0 spiro atoms. The lowest BCUT2D eigenvalue weighted by atomic mass is 10.1. The number of aliphatic carboxylic acids is 4. The summed E-state index contributed by atoms with van der Waals surface area (Å²) in [6.45, 7) is 0.915. The van der Waals surface area contributed by atoms with E-state index in [0.717, 1.165) is 4.90 Å². The third kappa shape index (κ3) is 10.9. The smallest absolute Gasteiger partial charge is 0.321 e. The fraction of sp³-hybridized carbons (Fsp3) is 0.438. The largest absolute Gasteiger partial charge is 0.493 e. The number of carbonyl (C=O) groups is 6. The highest BCUT2D eigenvalue weighted by Crippen LogP contribution is 2.22. The molecule has 0 aliphatic carbocycles. The molecule has 0 saturated heterocycles. The zero-order chi connectivity index (χ0) is 35.5. The number of imide groups is 1. The standard InChI is InChI=1S/C32H38N6O11/c39-27-5-6-28(40)38(27)8-3-13-49-24-14-22-19-36(25(31(45)46)16-29(41)42)11-9-35(18-21-4-1-2-7-33-21)10-12-37(20-23(15-24)34-22)26(32(47)48)17-30(43)44/h1-2,4-7,14-15,25-26H,3,8-13,16-20H2,(H,41,42)(H,43,44)(H,45,46)(H,47,48)/t25-,26-/m1/s1. The van der Waals surface area contributed by atoms with Crippen molar-refractivity contribution in [3.8, 4) is 5.75 Å². The number of pyridine rings is 2. The first kappa shape index (κ1) is 36.6. The topological polar surface area (TPSA) is 231 Å². The van der Waals surface area contributed by atoms with E-state index in [9.17, 15) is 49.2 Å². The average Bonchev–Trinajstić information content (AvgIpc) is 3.36. The maximum atomic E-state index is 12.3. The predicted octanol–water partition coefficient (Wildman–Crippen LogP) is 0.146. The quantitative estimate of drug-likeness (QED) is 0.145. The Morgan fingerprint density at radius 1 is 0.796 bits per heavy atom. The lowest BCUT2D eigenvalue weighted by Crippen LogP contribution is -2.49. The highest BCUT2D eigenvalue weighted by molar-refractivity contribution is 6.12. The van der Waals surface area contributed by atoms with E-state index in [0.29, 0.717) is 23.6 Å². The van der Waals surface area contributed by atoms with Crippen LogP contribution in [-0.4, -0.2) is 137 Å². The van der Waals surface area contributed by atoms with Crippen LogP contribution in [0.1, 0.15) is 36.3 Å². The molecule has 0 unspecified atom stereocenters. The van der Waals surface area contributed by atoms with Crippen molar-refractivity contribution >= 4 is 35.7 Å². The number of hydrogen-bond donors (Lipinski definition) is 4. The number of nitrogens with zero attached hydrogens (tertiary/aromatic N) is 6. The van der Waals surface area contributed by atoms with Gasteiger partial charge in [0, 0.05) is 82.8 Å². The number of fused-ring (bicyclic) bond motifs is 2. The van der Waals surface area contributed by atoms with Crippen LogP contribution in [0.2, 0.25) is 0 Å². The molecule has 4 rings (SSSR count). The van der Waals surface area contributed by atoms with Crippen LogP contribution in [-0.2, 0) is 48.4 Å². The molecule has 17 nitrogen and oxygen atoms in total. The number of carbonyl (C=O) groups excluding carboxylic acids is 2. The van der Waals surface area contributed by atoms with E-state index in [1.54, 1.807) is 36.5 Å². The Hall–Kier alpha value is -5.26. The lowest BCUT2D eigenvalue weighted by molar-refractivity contribution is -0.150. The third-order valence-electron chi connectivity index (χ3n) is 8.04. The Balaban J connectivity index is 1.67. The Bertz CT molecular complexity index is 1490. The van der Waals surface area contributed by atoms with E-state index >= 15 is 0 Å². The number of ether oxygens (including phenoxy) is 1. The lowest BCUT2D eigenvalue weighted by Gasteiger charge is -2.34. The normalized spacial score (nSPS) is 17.6. The second-order valence-electron chi connectivity index (χ2n) is 11.6. The summed E-state index contributed by atoms with van der Waals surface area (Å²) in [5.74, 6) is -5.83. The van der Waals surface area contributed by atoms with Gasteiger partial charge in [0.1, 0.15) is 17.8 Å². The minimum Gasteiger partial charge on any atom is -0.493 e. The van der Waals surface area contributed by atoms with Gasteiger partial charge in [0.05, 0.1) is 36.5 Å². The van der Waals surface area contributed by atoms with Crippen molar-refractivity contribution in [1.82, 2.24) is 29.6 Å². The van der Waals surface area contributed by atoms with Gasteiger partial charge in [-0.15, -0.1) is 0 Å². The van der Waals surface area contributed by atoms with Crippen LogP contribution in [0.4, 0.5) is 0 Å². The van der Waals surface area contributed by atoms with Crippen molar-refractivity contribution in [2.75, 3.05) is 39.3 Å². The fourth-order valence-electron chi connectivity index (χ4n) is 5.64. The summed E-state index contributed by atoms with van der Waals surface area (Å²) in [6, 6.07) is 5.66.